The molecule has 7 nitrogen and oxygen atoms in total. The van der Waals surface area contributed by atoms with Gasteiger partial charge in [0.1, 0.15) is 11.9 Å². The number of benzene rings is 1. The lowest BCUT2D eigenvalue weighted by Crippen LogP contribution is -2.42. The van der Waals surface area contributed by atoms with E-state index in [4.69, 9.17) is 14.0 Å². The number of para-hydroxylation sites is 1. The van der Waals surface area contributed by atoms with Gasteiger partial charge >= 0.3 is 0 Å². The fourth-order valence-corrected chi connectivity index (χ4v) is 2.59. The van der Waals surface area contributed by atoms with E-state index in [1.165, 1.54) is 6.39 Å². The molecule has 2 heterocycles. The fourth-order valence-electron chi connectivity index (χ4n) is 2.59. The molecular weight excluding hydrogens is 298 g/mol. The van der Waals surface area contributed by atoms with Crippen molar-refractivity contribution < 1.29 is 18.8 Å². The Labute approximate surface area is 133 Å². The van der Waals surface area contributed by atoms with E-state index in [9.17, 15) is 4.79 Å². The van der Waals surface area contributed by atoms with Crippen LogP contribution in [0.15, 0.2) is 35.2 Å². The number of amides is 1. The van der Waals surface area contributed by atoms with Crippen molar-refractivity contribution >= 4 is 5.91 Å². The molecule has 4 rings (SSSR count). The standard InChI is InChI=1S/C16H17N3O4/c20-16(12-3-1-2-4-13(12)23-11-5-6-11)19-7-8-21-14(9-19)15-17-10-22-18-15/h1-4,10-11,14H,5-9H2. The molecule has 1 aromatic carbocycles. The number of hydrogen-bond acceptors (Lipinski definition) is 6. The van der Waals surface area contributed by atoms with E-state index in [2.05, 4.69) is 10.1 Å². The molecule has 2 aromatic rings. The zero-order chi connectivity index (χ0) is 15.6. The third-order valence-electron chi connectivity index (χ3n) is 3.96. The first-order valence-electron chi connectivity index (χ1n) is 7.74. The molecule has 7 heteroatoms. The quantitative estimate of drug-likeness (QED) is 0.856. The van der Waals surface area contributed by atoms with Crippen molar-refractivity contribution in [3.63, 3.8) is 0 Å². The molecule has 1 aliphatic carbocycles. The first kappa shape index (κ1) is 14.2. The normalized spacial score (nSPS) is 21.2. The Hall–Kier alpha value is -2.41. The lowest BCUT2D eigenvalue weighted by Gasteiger charge is -2.31. The molecule has 2 aliphatic rings. The van der Waals surface area contributed by atoms with Gasteiger partial charge in [-0.2, -0.15) is 4.98 Å². The Morgan fingerprint density at radius 1 is 1.30 bits per heavy atom. The van der Waals surface area contributed by atoms with Gasteiger partial charge in [-0.3, -0.25) is 4.79 Å². The summed E-state index contributed by atoms with van der Waals surface area (Å²) < 4.78 is 16.2. The van der Waals surface area contributed by atoms with Gasteiger partial charge in [0, 0.05) is 6.54 Å². The molecular formula is C16H17N3O4. The Balaban J connectivity index is 1.52. The van der Waals surface area contributed by atoms with Crippen molar-refractivity contribution in [3.8, 4) is 5.75 Å². The number of aromatic nitrogens is 2. The van der Waals surface area contributed by atoms with Gasteiger partial charge < -0.3 is 18.9 Å². The number of rotatable bonds is 4. The summed E-state index contributed by atoms with van der Waals surface area (Å²) in [6.07, 6.45) is 3.27. The Kier molecular flexibility index (Phi) is 3.70. The maximum atomic E-state index is 12.9. The number of carbonyl (C=O) groups excluding carboxylic acids is 1. The molecule has 2 fully saturated rings. The van der Waals surface area contributed by atoms with Gasteiger partial charge in [-0.25, -0.2) is 0 Å². The van der Waals surface area contributed by atoms with E-state index in [1.807, 2.05) is 18.2 Å². The van der Waals surface area contributed by atoms with Gasteiger partial charge in [0.2, 0.25) is 12.2 Å². The maximum Gasteiger partial charge on any atom is 0.257 e. The van der Waals surface area contributed by atoms with Gasteiger partial charge in [0.05, 0.1) is 24.8 Å². The predicted octanol–water partition coefficient (Wildman–Crippen LogP) is 1.82. The highest BCUT2D eigenvalue weighted by atomic mass is 16.5. The molecule has 0 N–H and O–H groups in total. The van der Waals surface area contributed by atoms with E-state index in [0.717, 1.165) is 12.8 Å². The minimum absolute atomic E-state index is 0.0574. The molecule has 1 atom stereocenters. The molecule has 1 saturated heterocycles. The molecule has 1 unspecified atom stereocenters. The Morgan fingerprint density at radius 2 is 2.17 bits per heavy atom. The van der Waals surface area contributed by atoms with Crippen LogP contribution >= 0.6 is 0 Å². The van der Waals surface area contributed by atoms with Crippen molar-refractivity contribution in [1.82, 2.24) is 15.0 Å². The summed E-state index contributed by atoms with van der Waals surface area (Å²) in [4.78, 5) is 18.6. The Bertz CT molecular complexity index is 684. The van der Waals surface area contributed by atoms with Gasteiger partial charge in [-0.05, 0) is 25.0 Å². The number of ether oxygens (including phenoxy) is 2. The first-order valence-corrected chi connectivity index (χ1v) is 7.74. The highest BCUT2D eigenvalue weighted by molar-refractivity contribution is 5.97. The number of carbonyl (C=O) groups is 1. The molecule has 1 aromatic heterocycles. The minimum atomic E-state index is -0.358. The van der Waals surface area contributed by atoms with Crippen LogP contribution in [-0.4, -0.2) is 46.7 Å². The van der Waals surface area contributed by atoms with Crippen molar-refractivity contribution in [1.29, 1.82) is 0 Å². The summed E-state index contributed by atoms with van der Waals surface area (Å²) in [6, 6.07) is 7.39. The van der Waals surface area contributed by atoms with Crippen molar-refractivity contribution in [2.24, 2.45) is 0 Å². The molecule has 1 amide bonds. The molecule has 120 valence electrons. The summed E-state index contributed by atoms with van der Waals surface area (Å²) in [7, 11) is 0. The monoisotopic (exact) mass is 315 g/mol. The Morgan fingerprint density at radius 3 is 2.96 bits per heavy atom. The average molecular weight is 315 g/mol. The molecule has 1 aliphatic heterocycles. The third kappa shape index (κ3) is 3.05. The van der Waals surface area contributed by atoms with Crippen LogP contribution in [0.2, 0.25) is 0 Å². The van der Waals surface area contributed by atoms with Gasteiger partial charge in [0.15, 0.2) is 0 Å². The molecule has 0 radical (unpaired) electrons. The summed E-state index contributed by atoms with van der Waals surface area (Å²) in [5, 5.41) is 3.80. The second-order valence-corrected chi connectivity index (χ2v) is 5.71. The van der Waals surface area contributed by atoms with E-state index in [0.29, 0.717) is 36.8 Å². The molecule has 0 spiro atoms. The topological polar surface area (TPSA) is 77.7 Å². The van der Waals surface area contributed by atoms with Crippen molar-refractivity contribution in [2.75, 3.05) is 19.7 Å². The largest absolute Gasteiger partial charge is 0.490 e. The summed E-state index contributed by atoms with van der Waals surface area (Å²) in [6.45, 7) is 1.37. The van der Waals surface area contributed by atoms with Crippen LogP contribution in [0.4, 0.5) is 0 Å². The highest BCUT2D eigenvalue weighted by Gasteiger charge is 2.31. The number of hydrogen-bond donors (Lipinski definition) is 0. The van der Waals surface area contributed by atoms with Crippen LogP contribution in [0.5, 0.6) is 5.75 Å². The minimum Gasteiger partial charge on any atom is -0.490 e. The second kappa shape index (κ2) is 6.00. The number of morpholine rings is 1. The van der Waals surface area contributed by atoms with Crippen molar-refractivity contribution in [3.05, 3.63) is 42.0 Å². The van der Waals surface area contributed by atoms with Crippen LogP contribution in [0, 0.1) is 0 Å². The second-order valence-electron chi connectivity index (χ2n) is 5.71. The lowest BCUT2D eigenvalue weighted by molar-refractivity contribution is -0.0277. The predicted molar refractivity (Wildman–Crippen MR) is 79.0 cm³/mol. The SMILES string of the molecule is O=C(c1ccccc1OC1CC1)N1CCOC(c2ncon2)C1. The fraction of sp³-hybridized carbons (Fsp3) is 0.438. The van der Waals surface area contributed by atoms with Gasteiger partial charge in [-0.15, -0.1) is 0 Å². The zero-order valence-corrected chi connectivity index (χ0v) is 12.6. The molecule has 0 bridgehead atoms. The van der Waals surface area contributed by atoms with E-state index < -0.39 is 0 Å². The lowest BCUT2D eigenvalue weighted by atomic mass is 10.1. The first-order chi connectivity index (χ1) is 11.3. The van der Waals surface area contributed by atoms with E-state index >= 15 is 0 Å². The maximum absolute atomic E-state index is 12.9. The average Bonchev–Trinajstić information content (AvgIpc) is 3.24. The van der Waals surface area contributed by atoms with Crippen LogP contribution in [0.3, 0.4) is 0 Å². The van der Waals surface area contributed by atoms with Gasteiger partial charge in [0.25, 0.3) is 5.91 Å². The highest BCUT2D eigenvalue weighted by Crippen LogP contribution is 2.30. The van der Waals surface area contributed by atoms with Crippen molar-refractivity contribution in [2.45, 2.75) is 25.0 Å². The zero-order valence-electron chi connectivity index (χ0n) is 12.6. The van der Waals surface area contributed by atoms with Gasteiger partial charge in [-0.1, -0.05) is 17.3 Å². The van der Waals surface area contributed by atoms with Crippen LogP contribution in [-0.2, 0) is 4.74 Å². The molecule has 23 heavy (non-hydrogen) atoms. The van der Waals surface area contributed by atoms with Crippen LogP contribution < -0.4 is 4.74 Å². The summed E-state index contributed by atoms with van der Waals surface area (Å²) >= 11 is 0. The van der Waals surface area contributed by atoms with E-state index in [-0.39, 0.29) is 18.1 Å². The smallest absolute Gasteiger partial charge is 0.257 e. The summed E-state index contributed by atoms with van der Waals surface area (Å²) in [5.74, 6) is 1.06. The number of nitrogens with zero attached hydrogens (tertiary/aromatic N) is 3. The van der Waals surface area contributed by atoms with E-state index in [1.54, 1.807) is 11.0 Å². The van der Waals surface area contributed by atoms with Crippen LogP contribution in [0.25, 0.3) is 0 Å². The third-order valence-corrected chi connectivity index (χ3v) is 3.96. The molecule has 1 saturated carbocycles. The summed E-state index contributed by atoms with van der Waals surface area (Å²) in [5.41, 5.74) is 0.591. The van der Waals surface area contributed by atoms with Crippen LogP contribution in [0.1, 0.15) is 35.1 Å².